The van der Waals surface area contributed by atoms with Crippen molar-refractivity contribution in [2.24, 2.45) is 0 Å². The van der Waals surface area contributed by atoms with Gasteiger partial charge < -0.3 is 10.6 Å². The van der Waals surface area contributed by atoms with Crippen molar-refractivity contribution in [3.63, 3.8) is 0 Å². The molecule has 3 aromatic rings. The Balaban J connectivity index is 1.66. The topological polar surface area (TPSA) is 59.0 Å². The Morgan fingerprint density at radius 3 is 2.42 bits per heavy atom. The summed E-state index contributed by atoms with van der Waals surface area (Å²) in [6.45, 7) is 1.90. The van der Waals surface area contributed by atoms with Crippen molar-refractivity contribution in [1.82, 2.24) is 9.78 Å². The molecule has 2 N–H and O–H groups in total. The zero-order chi connectivity index (χ0) is 22.3. The Morgan fingerprint density at radius 2 is 1.81 bits per heavy atom. The highest BCUT2D eigenvalue weighted by molar-refractivity contribution is 6.40. The predicted octanol–water partition coefficient (Wildman–Crippen LogP) is 6.41. The Bertz CT molecular complexity index is 1110. The summed E-state index contributed by atoms with van der Waals surface area (Å²) in [4.78, 5) is 12.7. The first-order valence-electron chi connectivity index (χ1n) is 9.38. The molecule has 0 fully saturated rings. The van der Waals surface area contributed by atoms with Crippen molar-refractivity contribution in [3.05, 3.63) is 75.4 Å². The minimum atomic E-state index is -4.54. The molecule has 5 nitrogen and oxygen atoms in total. The largest absolute Gasteiger partial charge is 0.410 e. The quantitative estimate of drug-likeness (QED) is 0.466. The molecule has 4 rings (SSSR count). The number of amides is 1. The van der Waals surface area contributed by atoms with Gasteiger partial charge in [0.25, 0.3) is 5.91 Å². The maximum atomic E-state index is 13.8. The lowest BCUT2D eigenvalue weighted by molar-refractivity contribution is -0.173. The van der Waals surface area contributed by atoms with E-state index in [2.05, 4.69) is 15.7 Å². The first kappa shape index (κ1) is 21.5. The van der Waals surface area contributed by atoms with E-state index in [4.69, 9.17) is 23.2 Å². The van der Waals surface area contributed by atoms with Crippen molar-refractivity contribution in [3.8, 4) is 0 Å². The van der Waals surface area contributed by atoms with Crippen LogP contribution in [0.2, 0.25) is 10.0 Å². The number of halogens is 5. The summed E-state index contributed by atoms with van der Waals surface area (Å²) in [7, 11) is 0. The number of hydrogen-bond acceptors (Lipinski definition) is 3. The summed E-state index contributed by atoms with van der Waals surface area (Å²) in [5.41, 5.74) is 1.72. The lowest BCUT2D eigenvalue weighted by Crippen LogP contribution is -2.35. The zero-order valence-electron chi connectivity index (χ0n) is 16.2. The highest BCUT2D eigenvalue weighted by Crippen LogP contribution is 2.43. The van der Waals surface area contributed by atoms with Crippen molar-refractivity contribution in [2.75, 3.05) is 10.6 Å². The number of hydrogen-bond donors (Lipinski definition) is 2. The number of benzene rings is 2. The maximum Gasteiger partial charge on any atom is 0.410 e. The zero-order valence-corrected chi connectivity index (χ0v) is 17.7. The molecule has 1 aromatic heterocycles. The normalized spacial score (nSPS) is 18.3. The summed E-state index contributed by atoms with van der Waals surface area (Å²) in [5, 5.41) is 9.92. The highest BCUT2D eigenvalue weighted by atomic mass is 35.5. The second-order valence-electron chi connectivity index (χ2n) is 7.31. The number of aryl methyl sites for hydroxylation is 1. The number of rotatable bonds is 3. The molecular weight excluding hydrogens is 452 g/mol. The molecule has 2 aromatic carbocycles. The van der Waals surface area contributed by atoms with Crippen LogP contribution in [0.3, 0.4) is 0 Å². The van der Waals surface area contributed by atoms with Crippen molar-refractivity contribution >= 4 is 40.6 Å². The Hall–Kier alpha value is -2.71. The standard InChI is InChI=1S/C21H17Cl2F3N4O/c1-11-5-7-12(8-6-11)15-9-17(21(24,25)26)30-18(27-15)10-16(29-30)20(31)28-19-13(22)3-2-4-14(19)23/h2-8,10,15,17,27H,9H2,1H3,(H,28,31). The molecule has 1 amide bonds. The van der Waals surface area contributed by atoms with Crippen LogP contribution < -0.4 is 10.6 Å². The lowest BCUT2D eigenvalue weighted by Gasteiger charge is -2.33. The number of alkyl halides is 3. The predicted molar refractivity (Wildman–Crippen MR) is 114 cm³/mol. The van der Waals surface area contributed by atoms with Gasteiger partial charge in [0.2, 0.25) is 0 Å². The molecule has 2 heterocycles. The van der Waals surface area contributed by atoms with Gasteiger partial charge in [-0.05, 0) is 24.6 Å². The molecule has 1 aliphatic rings. The Kier molecular flexibility index (Phi) is 5.61. The second-order valence-corrected chi connectivity index (χ2v) is 8.13. The fraction of sp³-hybridized carbons (Fsp3) is 0.238. The van der Waals surface area contributed by atoms with Crippen LogP contribution in [-0.4, -0.2) is 21.9 Å². The van der Waals surface area contributed by atoms with Gasteiger partial charge in [0, 0.05) is 12.5 Å². The molecule has 162 valence electrons. The summed E-state index contributed by atoms with van der Waals surface area (Å²) in [6.07, 6.45) is -4.79. The van der Waals surface area contributed by atoms with E-state index >= 15 is 0 Å². The van der Waals surface area contributed by atoms with Gasteiger partial charge in [-0.15, -0.1) is 0 Å². The number of anilines is 2. The van der Waals surface area contributed by atoms with Crippen molar-refractivity contribution in [2.45, 2.75) is 31.6 Å². The third-order valence-electron chi connectivity index (χ3n) is 5.10. The molecule has 2 unspecified atom stereocenters. The summed E-state index contributed by atoms with van der Waals surface area (Å²) < 4.78 is 42.2. The van der Waals surface area contributed by atoms with E-state index in [1.54, 1.807) is 18.2 Å². The minimum absolute atomic E-state index is 0.106. The van der Waals surface area contributed by atoms with Gasteiger partial charge in [-0.25, -0.2) is 4.68 Å². The van der Waals surface area contributed by atoms with Crippen molar-refractivity contribution < 1.29 is 18.0 Å². The molecular formula is C21H17Cl2F3N4O. The van der Waals surface area contributed by atoms with Crippen LogP contribution >= 0.6 is 23.2 Å². The van der Waals surface area contributed by atoms with E-state index < -0.39 is 24.2 Å². The average Bonchev–Trinajstić information content (AvgIpc) is 3.14. The highest BCUT2D eigenvalue weighted by Gasteiger charge is 2.46. The van der Waals surface area contributed by atoms with E-state index in [9.17, 15) is 18.0 Å². The average molecular weight is 469 g/mol. The van der Waals surface area contributed by atoms with Gasteiger partial charge >= 0.3 is 6.18 Å². The third-order valence-corrected chi connectivity index (χ3v) is 5.73. The maximum absolute atomic E-state index is 13.8. The van der Waals surface area contributed by atoms with Crippen LogP contribution in [0.25, 0.3) is 0 Å². The summed E-state index contributed by atoms with van der Waals surface area (Å²) >= 11 is 12.1. The fourth-order valence-electron chi connectivity index (χ4n) is 3.50. The summed E-state index contributed by atoms with van der Waals surface area (Å²) in [5.74, 6) is -0.610. The van der Waals surface area contributed by atoms with Crippen LogP contribution in [0, 0.1) is 6.92 Å². The molecule has 31 heavy (non-hydrogen) atoms. The number of nitrogens with zero attached hydrogens (tertiary/aromatic N) is 2. The molecule has 2 atom stereocenters. The monoisotopic (exact) mass is 468 g/mol. The lowest BCUT2D eigenvalue weighted by atomic mass is 9.96. The SMILES string of the molecule is Cc1ccc(C2CC(C(F)(F)F)n3nc(C(=O)Nc4c(Cl)cccc4Cl)cc3N2)cc1. The number of carbonyl (C=O) groups is 1. The Labute approximate surface area is 186 Å². The number of carbonyl (C=O) groups excluding carboxylic acids is 1. The van der Waals surface area contributed by atoms with E-state index in [0.717, 1.165) is 15.8 Å². The van der Waals surface area contributed by atoms with E-state index in [-0.39, 0.29) is 33.7 Å². The van der Waals surface area contributed by atoms with Gasteiger partial charge in [-0.3, -0.25) is 4.79 Å². The van der Waals surface area contributed by atoms with Crippen LogP contribution in [0.4, 0.5) is 24.7 Å². The molecule has 0 radical (unpaired) electrons. The van der Waals surface area contributed by atoms with Gasteiger partial charge in [-0.1, -0.05) is 59.1 Å². The smallest absolute Gasteiger partial charge is 0.363 e. The van der Waals surface area contributed by atoms with Crippen LogP contribution in [0.15, 0.2) is 48.5 Å². The second kappa shape index (κ2) is 8.09. The molecule has 0 bridgehead atoms. The van der Waals surface area contributed by atoms with E-state index in [1.165, 1.54) is 18.2 Å². The van der Waals surface area contributed by atoms with E-state index in [1.807, 2.05) is 19.1 Å². The summed E-state index contributed by atoms with van der Waals surface area (Å²) in [6, 6.07) is 10.8. The molecule has 0 saturated carbocycles. The molecule has 0 saturated heterocycles. The number of aromatic nitrogens is 2. The van der Waals surface area contributed by atoms with Crippen LogP contribution in [-0.2, 0) is 0 Å². The van der Waals surface area contributed by atoms with Gasteiger partial charge in [0.15, 0.2) is 11.7 Å². The van der Waals surface area contributed by atoms with Crippen LogP contribution in [0.1, 0.15) is 40.1 Å². The van der Waals surface area contributed by atoms with Gasteiger partial charge in [0.05, 0.1) is 21.8 Å². The Morgan fingerprint density at radius 1 is 1.16 bits per heavy atom. The molecule has 1 aliphatic heterocycles. The van der Waals surface area contributed by atoms with Gasteiger partial charge in [0.1, 0.15) is 5.82 Å². The fourth-order valence-corrected chi connectivity index (χ4v) is 3.99. The minimum Gasteiger partial charge on any atom is -0.363 e. The number of para-hydroxylation sites is 1. The number of nitrogens with one attached hydrogen (secondary N) is 2. The first-order valence-corrected chi connectivity index (χ1v) is 10.1. The molecule has 0 aliphatic carbocycles. The molecule has 0 spiro atoms. The van der Waals surface area contributed by atoms with E-state index in [0.29, 0.717) is 0 Å². The van der Waals surface area contributed by atoms with Crippen molar-refractivity contribution in [1.29, 1.82) is 0 Å². The number of fused-ring (bicyclic) bond motifs is 1. The van der Waals surface area contributed by atoms with Crippen LogP contribution in [0.5, 0.6) is 0 Å². The third kappa shape index (κ3) is 4.36. The first-order chi connectivity index (χ1) is 14.6. The van der Waals surface area contributed by atoms with Gasteiger partial charge in [-0.2, -0.15) is 18.3 Å². The molecule has 10 heteroatoms.